The molecule has 0 fully saturated rings. The molecular weight excluding hydrogens is 210 g/mol. The van der Waals surface area contributed by atoms with Gasteiger partial charge >= 0.3 is 0 Å². The molecule has 15 heavy (non-hydrogen) atoms. The van der Waals surface area contributed by atoms with Gasteiger partial charge in [0.05, 0.1) is 10.6 Å². The molecule has 0 bridgehead atoms. The third kappa shape index (κ3) is 2.14. The summed E-state index contributed by atoms with van der Waals surface area (Å²) in [7, 11) is 0. The van der Waals surface area contributed by atoms with Crippen LogP contribution in [0.2, 0.25) is 0 Å². The molecule has 0 atom stereocenters. The lowest BCUT2D eigenvalue weighted by atomic mass is 10.3. The average molecular weight is 221 g/mol. The quantitative estimate of drug-likeness (QED) is 0.845. The number of hydrogen-bond donors (Lipinski definition) is 1. The number of rotatable bonds is 3. The van der Waals surface area contributed by atoms with Crippen LogP contribution in [0.15, 0.2) is 30.0 Å². The third-order valence-corrected chi connectivity index (χ3v) is 2.86. The SMILES string of the molecule is NCCc1cn(C(=O)c2cccs2)cn1. The van der Waals surface area contributed by atoms with Gasteiger partial charge in [-0.05, 0) is 18.0 Å². The molecule has 0 saturated carbocycles. The molecule has 0 aromatic carbocycles. The molecule has 0 aliphatic carbocycles. The summed E-state index contributed by atoms with van der Waals surface area (Å²) >= 11 is 1.43. The van der Waals surface area contributed by atoms with Crippen molar-refractivity contribution >= 4 is 17.2 Å². The Hall–Kier alpha value is -1.46. The summed E-state index contributed by atoms with van der Waals surface area (Å²) in [6, 6.07) is 3.66. The lowest BCUT2D eigenvalue weighted by Crippen LogP contribution is -2.08. The maximum Gasteiger partial charge on any atom is 0.273 e. The number of imidazole rings is 1. The van der Waals surface area contributed by atoms with Crippen molar-refractivity contribution in [3.05, 3.63) is 40.6 Å². The highest BCUT2D eigenvalue weighted by atomic mass is 32.1. The largest absolute Gasteiger partial charge is 0.330 e. The molecule has 0 aliphatic rings. The van der Waals surface area contributed by atoms with Crippen molar-refractivity contribution in [1.29, 1.82) is 0 Å². The first kappa shape index (κ1) is 10.1. The summed E-state index contributed by atoms with van der Waals surface area (Å²) in [5.41, 5.74) is 6.26. The van der Waals surface area contributed by atoms with Gasteiger partial charge in [0.1, 0.15) is 6.33 Å². The lowest BCUT2D eigenvalue weighted by molar-refractivity contribution is 0.0963. The first-order valence-corrected chi connectivity index (χ1v) is 5.50. The van der Waals surface area contributed by atoms with Crippen LogP contribution in [0.25, 0.3) is 0 Å². The van der Waals surface area contributed by atoms with Crippen LogP contribution in [0.1, 0.15) is 15.4 Å². The number of aromatic nitrogens is 2. The summed E-state index contributed by atoms with van der Waals surface area (Å²) in [6.45, 7) is 0.546. The second-order valence-electron chi connectivity index (χ2n) is 3.09. The zero-order valence-electron chi connectivity index (χ0n) is 8.09. The second-order valence-corrected chi connectivity index (χ2v) is 4.04. The van der Waals surface area contributed by atoms with Gasteiger partial charge in [0, 0.05) is 12.6 Å². The van der Waals surface area contributed by atoms with Crippen molar-refractivity contribution in [2.45, 2.75) is 6.42 Å². The van der Waals surface area contributed by atoms with Gasteiger partial charge in [-0.3, -0.25) is 9.36 Å². The van der Waals surface area contributed by atoms with E-state index in [2.05, 4.69) is 4.98 Å². The van der Waals surface area contributed by atoms with Crippen LogP contribution in [-0.4, -0.2) is 22.0 Å². The fourth-order valence-corrected chi connectivity index (χ4v) is 1.95. The van der Waals surface area contributed by atoms with E-state index < -0.39 is 0 Å². The Morgan fingerprint density at radius 2 is 2.47 bits per heavy atom. The Labute approximate surface area is 91.4 Å². The van der Waals surface area contributed by atoms with Gasteiger partial charge < -0.3 is 5.73 Å². The molecule has 2 aromatic heterocycles. The number of carbonyl (C=O) groups excluding carboxylic acids is 1. The van der Waals surface area contributed by atoms with E-state index in [4.69, 9.17) is 5.73 Å². The summed E-state index contributed by atoms with van der Waals surface area (Å²) in [5, 5.41) is 1.88. The monoisotopic (exact) mass is 221 g/mol. The highest BCUT2D eigenvalue weighted by Gasteiger charge is 2.09. The fourth-order valence-electron chi connectivity index (χ4n) is 1.28. The van der Waals surface area contributed by atoms with Gasteiger partial charge in [-0.25, -0.2) is 4.98 Å². The first-order valence-electron chi connectivity index (χ1n) is 4.62. The van der Waals surface area contributed by atoms with Crippen LogP contribution >= 0.6 is 11.3 Å². The molecular formula is C10H11N3OS. The van der Waals surface area contributed by atoms with Gasteiger partial charge in [-0.2, -0.15) is 0 Å². The predicted molar refractivity (Wildman–Crippen MR) is 59.0 cm³/mol. The lowest BCUT2D eigenvalue weighted by Gasteiger charge is -1.95. The zero-order chi connectivity index (χ0) is 10.7. The molecule has 2 N–H and O–H groups in total. The number of hydrogen-bond acceptors (Lipinski definition) is 4. The van der Waals surface area contributed by atoms with Crippen molar-refractivity contribution < 1.29 is 4.79 Å². The minimum Gasteiger partial charge on any atom is -0.330 e. The second kappa shape index (κ2) is 4.37. The van der Waals surface area contributed by atoms with E-state index in [1.165, 1.54) is 22.2 Å². The van der Waals surface area contributed by atoms with Crippen molar-refractivity contribution in [2.75, 3.05) is 6.54 Å². The number of thiophene rings is 1. The Morgan fingerprint density at radius 1 is 1.60 bits per heavy atom. The third-order valence-electron chi connectivity index (χ3n) is 2.00. The molecule has 4 nitrogen and oxygen atoms in total. The molecule has 2 aromatic rings. The highest BCUT2D eigenvalue weighted by molar-refractivity contribution is 7.12. The predicted octanol–water partition coefficient (Wildman–Crippen LogP) is 1.13. The van der Waals surface area contributed by atoms with Crippen molar-refractivity contribution in [3.8, 4) is 0 Å². The van der Waals surface area contributed by atoms with Crippen LogP contribution in [0.5, 0.6) is 0 Å². The van der Waals surface area contributed by atoms with E-state index in [1.54, 1.807) is 12.3 Å². The Bertz CT molecular complexity index is 447. The first-order chi connectivity index (χ1) is 7.31. The van der Waals surface area contributed by atoms with Crippen molar-refractivity contribution in [2.24, 2.45) is 5.73 Å². The zero-order valence-corrected chi connectivity index (χ0v) is 8.91. The smallest absolute Gasteiger partial charge is 0.273 e. The molecule has 0 spiro atoms. The van der Waals surface area contributed by atoms with Gasteiger partial charge in [0.2, 0.25) is 0 Å². The molecule has 0 amide bonds. The van der Waals surface area contributed by atoms with E-state index in [0.29, 0.717) is 17.8 Å². The Balaban J connectivity index is 2.19. The minimum absolute atomic E-state index is 0.0410. The van der Waals surface area contributed by atoms with Crippen LogP contribution in [0.4, 0.5) is 0 Å². The summed E-state index contributed by atoms with van der Waals surface area (Å²) in [5.74, 6) is -0.0410. The van der Waals surface area contributed by atoms with Crippen LogP contribution in [-0.2, 0) is 6.42 Å². The average Bonchev–Trinajstić information content (AvgIpc) is 2.87. The van der Waals surface area contributed by atoms with Crippen molar-refractivity contribution in [3.63, 3.8) is 0 Å². The van der Waals surface area contributed by atoms with Crippen LogP contribution in [0.3, 0.4) is 0 Å². The Kier molecular flexibility index (Phi) is 2.94. The molecule has 0 unspecified atom stereocenters. The number of nitrogens with zero attached hydrogens (tertiary/aromatic N) is 2. The molecule has 0 saturated heterocycles. The molecule has 2 heterocycles. The highest BCUT2D eigenvalue weighted by Crippen LogP contribution is 2.11. The van der Waals surface area contributed by atoms with Gasteiger partial charge in [0.25, 0.3) is 5.91 Å². The summed E-state index contributed by atoms with van der Waals surface area (Å²) in [6.07, 6.45) is 3.96. The minimum atomic E-state index is -0.0410. The van der Waals surface area contributed by atoms with E-state index in [9.17, 15) is 4.79 Å². The van der Waals surface area contributed by atoms with Crippen LogP contribution in [0, 0.1) is 0 Å². The van der Waals surface area contributed by atoms with E-state index in [-0.39, 0.29) is 5.91 Å². The fraction of sp³-hybridized carbons (Fsp3) is 0.200. The van der Waals surface area contributed by atoms with Crippen LogP contribution < -0.4 is 5.73 Å². The van der Waals surface area contributed by atoms with Gasteiger partial charge in [-0.15, -0.1) is 11.3 Å². The molecule has 2 rings (SSSR count). The molecule has 0 radical (unpaired) electrons. The standard InChI is InChI=1S/C10H11N3OS/c11-4-3-8-6-13(7-12-8)10(14)9-2-1-5-15-9/h1-2,5-7H,3-4,11H2. The van der Waals surface area contributed by atoms with Gasteiger partial charge in [-0.1, -0.05) is 6.07 Å². The van der Waals surface area contributed by atoms with E-state index in [0.717, 1.165) is 5.69 Å². The van der Waals surface area contributed by atoms with Gasteiger partial charge in [0.15, 0.2) is 0 Å². The summed E-state index contributed by atoms with van der Waals surface area (Å²) in [4.78, 5) is 16.6. The van der Waals surface area contributed by atoms with E-state index >= 15 is 0 Å². The number of carbonyl (C=O) groups is 1. The normalized spacial score (nSPS) is 10.5. The molecule has 78 valence electrons. The van der Waals surface area contributed by atoms with Crippen molar-refractivity contribution in [1.82, 2.24) is 9.55 Å². The Morgan fingerprint density at radius 3 is 3.13 bits per heavy atom. The van der Waals surface area contributed by atoms with E-state index in [1.807, 2.05) is 11.4 Å². The topological polar surface area (TPSA) is 60.9 Å². The number of nitrogens with two attached hydrogens (primary N) is 1. The molecule has 0 aliphatic heterocycles. The summed E-state index contributed by atoms with van der Waals surface area (Å²) < 4.78 is 1.50. The maximum atomic E-state index is 11.8. The molecule has 5 heteroatoms. The maximum absolute atomic E-state index is 11.8.